The van der Waals surface area contributed by atoms with Crippen LogP contribution in [0.5, 0.6) is 0 Å². The van der Waals surface area contributed by atoms with Crippen LogP contribution < -0.4 is 11.1 Å². The van der Waals surface area contributed by atoms with Crippen molar-refractivity contribution in [2.24, 2.45) is 11.1 Å². The van der Waals surface area contributed by atoms with Crippen LogP contribution >= 0.6 is 0 Å². The molecule has 0 heterocycles. The van der Waals surface area contributed by atoms with Gasteiger partial charge in [0.2, 0.25) is 5.91 Å². The summed E-state index contributed by atoms with van der Waals surface area (Å²) in [7, 11) is 0. The van der Waals surface area contributed by atoms with Crippen LogP contribution in [0.1, 0.15) is 47.5 Å². The third-order valence-electron chi connectivity index (χ3n) is 3.31. The molecule has 3 N–H and O–H groups in total. The van der Waals surface area contributed by atoms with Crippen molar-refractivity contribution in [3.8, 4) is 0 Å². The highest BCUT2D eigenvalue weighted by molar-refractivity contribution is 5.82. The van der Waals surface area contributed by atoms with E-state index in [-0.39, 0.29) is 11.3 Å². The molecule has 108 valence electrons. The van der Waals surface area contributed by atoms with Crippen molar-refractivity contribution in [2.45, 2.75) is 53.5 Å². The molecular weight excluding hydrogens is 226 g/mol. The molecule has 0 aromatic rings. The molecule has 0 fully saturated rings. The Morgan fingerprint density at radius 1 is 1.22 bits per heavy atom. The summed E-state index contributed by atoms with van der Waals surface area (Å²) in [5, 5.41) is 2.92. The molecule has 4 heteroatoms. The first-order valence-corrected chi connectivity index (χ1v) is 7.08. The van der Waals surface area contributed by atoms with Gasteiger partial charge in [0, 0.05) is 6.54 Å². The number of hydrogen-bond acceptors (Lipinski definition) is 3. The normalized spacial score (nSPS) is 13.7. The third-order valence-corrected chi connectivity index (χ3v) is 3.31. The molecule has 0 spiro atoms. The van der Waals surface area contributed by atoms with E-state index in [0.29, 0.717) is 0 Å². The molecule has 0 radical (unpaired) electrons. The molecule has 0 aliphatic heterocycles. The third kappa shape index (κ3) is 6.97. The molecule has 1 atom stereocenters. The van der Waals surface area contributed by atoms with Gasteiger partial charge in [-0.1, -0.05) is 34.6 Å². The van der Waals surface area contributed by atoms with E-state index in [1.807, 2.05) is 20.8 Å². The molecule has 1 amide bonds. The van der Waals surface area contributed by atoms with Gasteiger partial charge >= 0.3 is 0 Å². The Bertz CT molecular complexity index is 232. The zero-order valence-electron chi connectivity index (χ0n) is 12.8. The molecule has 0 saturated heterocycles. The molecule has 4 nitrogen and oxygen atoms in total. The van der Waals surface area contributed by atoms with E-state index in [9.17, 15) is 4.79 Å². The van der Waals surface area contributed by atoms with Crippen LogP contribution in [0.2, 0.25) is 0 Å². The van der Waals surface area contributed by atoms with Gasteiger partial charge in [-0.2, -0.15) is 0 Å². The molecule has 0 unspecified atom stereocenters. The van der Waals surface area contributed by atoms with E-state index in [0.717, 1.165) is 39.0 Å². The average Bonchev–Trinajstić information content (AvgIpc) is 2.31. The minimum atomic E-state index is -0.430. The second-order valence-electron chi connectivity index (χ2n) is 5.87. The first-order valence-electron chi connectivity index (χ1n) is 7.08. The van der Waals surface area contributed by atoms with Crippen LogP contribution in [0.15, 0.2) is 0 Å². The zero-order chi connectivity index (χ0) is 14.2. The Labute approximate surface area is 112 Å². The van der Waals surface area contributed by atoms with Gasteiger partial charge in [-0.05, 0) is 37.9 Å². The molecule has 0 rings (SSSR count). The van der Waals surface area contributed by atoms with Crippen molar-refractivity contribution in [1.82, 2.24) is 10.2 Å². The molecule has 18 heavy (non-hydrogen) atoms. The number of amides is 1. The van der Waals surface area contributed by atoms with Crippen LogP contribution in [0.3, 0.4) is 0 Å². The van der Waals surface area contributed by atoms with Gasteiger partial charge in [0.15, 0.2) is 0 Å². The topological polar surface area (TPSA) is 58.4 Å². The highest BCUT2D eigenvalue weighted by Crippen LogP contribution is 2.17. The van der Waals surface area contributed by atoms with Gasteiger partial charge in [-0.15, -0.1) is 0 Å². The van der Waals surface area contributed by atoms with E-state index in [2.05, 4.69) is 24.1 Å². The van der Waals surface area contributed by atoms with Crippen LogP contribution in [-0.4, -0.2) is 43.0 Å². The van der Waals surface area contributed by atoms with Crippen LogP contribution in [0.25, 0.3) is 0 Å². The van der Waals surface area contributed by atoms with Crippen LogP contribution in [-0.2, 0) is 4.79 Å². The van der Waals surface area contributed by atoms with Gasteiger partial charge in [-0.25, -0.2) is 0 Å². The summed E-state index contributed by atoms with van der Waals surface area (Å²) in [6, 6.07) is -0.430. The van der Waals surface area contributed by atoms with Crippen LogP contribution in [0, 0.1) is 5.41 Å². The quantitative estimate of drug-likeness (QED) is 0.649. The van der Waals surface area contributed by atoms with Gasteiger partial charge in [0.05, 0.1) is 6.04 Å². The minimum Gasteiger partial charge on any atom is -0.355 e. The molecule has 0 saturated carbocycles. The maximum atomic E-state index is 11.8. The summed E-state index contributed by atoms with van der Waals surface area (Å²) in [6.45, 7) is 14.3. The number of nitrogens with zero attached hydrogens (tertiary/aromatic N) is 1. The van der Waals surface area contributed by atoms with E-state index in [4.69, 9.17) is 5.73 Å². The Morgan fingerprint density at radius 3 is 2.22 bits per heavy atom. The number of unbranched alkanes of at least 4 members (excludes halogenated alkanes) is 1. The summed E-state index contributed by atoms with van der Waals surface area (Å²) >= 11 is 0. The van der Waals surface area contributed by atoms with Gasteiger partial charge in [0.1, 0.15) is 0 Å². The lowest BCUT2D eigenvalue weighted by Crippen LogP contribution is -2.48. The standard InChI is InChI=1S/C14H31N3O/c1-6-17(7-2)11-9-8-10-16-13(18)12(15)14(3,4)5/h12H,6-11,15H2,1-5H3,(H,16,18)/t12-/m1/s1. The predicted molar refractivity (Wildman–Crippen MR) is 77.5 cm³/mol. The Hall–Kier alpha value is -0.610. The van der Waals surface area contributed by atoms with Gasteiger partial charge < -0.3 is 16.0 Å². The molecule has 0 aliphatic carbocycles. The van der Waals surface area contributed by atoms with E-state index in [1.54, 1.807) is 0 Å². The number of nitrogens with two attached hydrogens (primary N) is 1. The lowest BCUT2D eigenvalue weighted by Gasteiger charge is -2.25. The summed E-state index contributed by atoms with van der Waals surface area (Å²) < 4.78 is 0. The second-order valence-corrected chi connectivity index (χ2v) is 5.87. The first-order chi connectivity index (χ1) is 8.32. The van der Waals surface area contributed by atoms with Gasteiger partial charge in [0.25, 0.3) is 0 Å². The summed E-state index contributed by atoms with van der Waals surface area (Å²) in [6.07, 6.45) is 2.13. The predicted octanol–water partition coefficient (Wildman–Crippen LogP) is 1.60. The average molecular weight is 257 g/mol. The van der Waals surface area contributed by atoms with Gasteiger partial charge in [-0.3, -0.25) is 4.79 Å². The Kier molecular flexibility index (Phi) is 8.20. The fraction of sp³-hybridized carbons (Fsp3) is 0.929. The van der Waals surface area contributed by atoms with Crippen molar-refractivity contribution < 1.29 is 4.79 Å². The van der Waals surface area contributed by atoms with Crippen LogP contribution in [0.4, 0.5) is 0 Å². The second kappa shape index (κ2) is 8.48. The van der Waals surface area contributed by atoms with E-state index in [1.165, 1.54) is 0 Å². The number of hydrogen-bond donors (Lipinski definition) is 2. The first kappa shape index (κ1) is 17.4. The number of carbonyl (C=O) groups excluding carboxylic acids is 1. The largest absolute Gasteiger partial charge is 0.355 e. The monoisotopic (exact) mass is 257 g/mol. The summed E-state index contributed by atoms with van der Waals surface area (Å²) in [5.74, 6) is -0.0367. The Morgan fingerprint density at radius 2 is 1.78 bits per heavy atom. The fourth-order valence-electron chi connectivity index (χ4n) is 1.72. The zero-order valence-corrected chi connectivity index (χ0v) is 12.8. The lowest BCUT2D eigenvalue weighted by atomic mass is 9.87. The molecule has 0 bridgehead atoms. The highest BCUT2D eigenvalue weighted by atomic mass is 16.2. The fourth-order valence-corrected chi connectivity index (χ4v) is 1.72. The maximum Gasteiger partial charge on any atom is 0.237 e. The summed E-state index contributed by atoms with van der Waals surface area (Å²) in [4.78, 5) is 14.1. The van der Waals surface area contributed by atoms with Crippen molar-refractivity contribution in [3.63, 3.8) is 0 Å². The van der Waals surface area contributed by atoms with Crippen molar-refractivity contribution in [2.75, 3.05) is 26.2 Å². The number of nitrogens with one attached hydrogen (secondary N) is 1. The van der Waals surface area contributed by atoms with E-state index < -0.39 is 6.04 Å². The Balaban J connectivity index is 3.70. The molecule has 0 aromatic heterocycles. The molecular formula is C14H31N3O. The summed E-state index contributed by atoms with van der Waals surface area (Å²) in [5.41, 5.74) is 5.70. The van der Waals surface area contributed by atoms with E-state index >= 15 is 0 Å². The minimum absolute atomic E-state index is 0.0367. The highest BCUT2D eigenvalue weighted by Gasteiger charge is 2.26. The smallest absolute Gasteiger partial charge is 0.237 e. The maximum absolute atomic E-state index is 11.8. The van der Waals surface area contributed by atoms with Crippen molar-refractivity contribution in [3.05, 3.63) is 0 Å². The molecule has 0 aliphatic rings. The number of rotatable bonds is 8. The number of carbonyl (C=O) groups is 1. The molecule has 0 aromatic carbocycles. The lowest BCUT2D eigenvalue weighted by molar-refractivity contribution is -0.124. The van der Waals surface area contributed by atoms with Crippen molar-refractivity contribution >= 4 is 5.91 Å². The van der Waals surface area contributed by atoms with Crippen molar-refractivity contribution in [1.29, 1.82) is 0 Å². The SMILES string of the molecule is CCN(CC)CCCCNC(=O)[C@@H](N)C(C)(C)C.